The minimum atomic E-state index is -0.160. The van der Waals surface area contributed by atoms with E-state index in [4.69, 9.17) is 14.2 Å². The molecule has 1 aromatic heterocycles. The SMILES string of the molecule is O=C(NCc1ccc(N2CCOCC2)cc1)c1cncc(-c2ccc3c(c2)OCO3)c1. The molecule has 1 N–H and O–H groups in total. The van der Waals surface area contributed by atoms with Crippen molar-refractivity contribution in [2.75, 3.05) is 38.0 Å². The number of amides is 1. The van der Waals surface area contributed by atoms with Gasteiger partial charge < -0.3 is 24.4 Å². The van der Waals surface area contributed by atoms with E-state index in [2.05, 4.69) is 27.3 Å². The van der Waals surface area contributed by atoms with E-state index in [0.717, 1.165) is 48.7 Å². The lowest BCUT2D eigenvalue weighted by Gasteiger charge is -2.28. The fourth-order valence-corrected chi connectivity index (χ4v) is 3.73. The number of rotatable bonds is 5. The molecule has 2 aliphatic heterocycles. The molecule has 7 heteroatoms. The standard InChI is InChI=1S/C24H23N3O4/c28-24(26-13-17-1-4-21(5-2-17)27-7-9-29-10-8-27)20-11-19(14-25-15-20)18-3-6-22-23(12-18)31-16-30-22/h1-6,11-12,14-15H,7-10,13,16H2,(H,26,28). The largest absolute Gasteiger partial charge is 0.454 e. The Morgan fingerprint density at radius 2 is 1.74 bits per heavy atom. The topological polar surface area (TPSA) is 72.9 Å². The van der Waals surface area contributed by atoms with Crippen molar-refractivity contribution in [3.05, 3.63) is 72.1 Å². The zero-order valence-corrected chi connectivity index (χ0v) is 17.0. The van der Waals surface area contributed by atoms with Crippen molar-refractivity contribution in [1.29, 1.82) is 0 Å². The van der Waals surface area contributed by atoms with Crippen LogP contribution in [-0.2, 0) is 11.3 Å². The molecule has 0 atom stereocenters. The zero-order chi connectivity index (χ0) is 21.0. The molecule has 0 unspecified atom stereocenters. The molecule has 1 fully saturated rings. The van der Waals surface area contributed by atoms with Crippen LogP contribution < -0.4 is 19.7 Å². The average molecular weight is 417 g/mol. The van der Waals surface area contributed by atoms with Crippen LogP contribution in [0.5, 0.6) is 11.5 Å². The molecule has 0 aliphatic carbocycles. The number of pyridine rings is 1. The number of morpholine rings is 1. The molecule has 5 rings (SSSR count). The number of hydrogen-bond donors (Lipinski definition) is 1. The van der Waals surface area contributed by atoms with Gasteiger partial charge in [0, 0.05) is 43.3 Å². The number of nitrogens with one attached hydrogen (secondary N) is 1. The molecule has 2 aromatic carbocycles. The number of benzene rings is 2. The summed E-state index contributed by atoms with van der Waals surface area (Å²) in [7, 11) is 0. The summed E-state index contributed by atoms with van der Waals surface area (Å²) >= 11 is 0. The monoisotopic (exact) mass is 417 g/mol. The maximum absolute atomic E-state index is 12.7. The molecular weight excluding hydrogens is 394 g/mol. The van der Waals surface area contributed by atoms with Crippen LogP contribution in [-0.4, -0.2) is 44.0 Å². The van der Waals surface area contributed by atoms with Gasteiger partial charge in [-0.2, -0.15) is 0 Å². The van der Waals surface area contributed by atoms with Crippen molar-refractivity contribution in [3.8, 4) is 22.6 Å². The third-order valence-electron chi connectivity index (χ3n) is 5.47. The number of ether oxygens (including phenoxy) is 3. The van der Waals surface area contributed by atoms with Gasteiger partial charge in [-0.05, 0) is 41.5 Å². The van der Waals surface area contributed by atoms with E-state index < -0.39 is 0 Å². The average Bonchev–Trinajstić information content (AvgIpc) is 3.31. The Morgan fingerprint density at radius 3 is 2.58 bits per heavy atom. The van der Waals surface area contributed by atoms with Gasteiger partial charge in [0.2, 0.25) is 6.79 Å². The summed E-state index contributed by atoms with van der Waals surface area (Å²) in [5, 5.41) is 2.98. The van der Waals surface area contributed by atoms with Crippen LogP contribution in [0.3, 0.4) is 0 Å². The van der Waals surface area contributed by atoms with E-state index in [0.29, 0.717) is 17.9 Å². The molecule has 0 spiro atoms. The Kier molecular flexibility index (Phi) is 5.41. The lowest BCUT2D eigenvalue weighted by atomic mass is 10.1. The third-order valence-corrected chi connectivity index (χ3v) is 5.47. The lowest BCUT2D eigenvalue weighted by Crippen LogP contribution is -2.36. The third kappa shape index (κ3) is 4.32. The Morgan fingerprint density at radius 1 is 0.935 bits per heavy atom. The van der Waals surface area contributed by atoms with Crippen molar-refractivity contribution in [2.24, 2.45) is 0 Å². The summed E-state index contributed by atoms with van der Waals surface area (Å²) < 4.78 is 16.2. The number of hydrogen-bond acceptors (Lipinski definition) is 6. The molecule has 7 nitrogen and oxygen atoms in total. The Bertz CT molecular complexity index is 1080. The zero-order valence-electron chi connectivity index (χ0n) is 17.0. The Labute approximate surface area is 180 Å². The van der Waals surface area contributed by atoms with E-state index in [1.54, 1.807) is 12.4 Å². The fourth-order valence-electron chi connectivity index (χ4n) is 3.73. The van der Waals surface area contributed by atoms with Crippen molar-refractivity contribution < 1.29 is 19.0 Å². The van der Waals surface area contributed by atoms with E-state index in [-0.39, 0.29) is 12.7 Å². The van der Waals surface area contributed by atoms with Crippen LogP contribution in [0.25, 0.3) is 11.1 Å². The number of carbonyl (C=O) groups excluding carboxylic acids is 1. The van der Waals surface area contributed by atoms with Crippen molar-refractivity contribution >= 4 is 11.6 Å². The molecule has 3 heterocycles. The second kappa shape index (κ2) is 8.65. The molecule has 31 heavy (non-hydrogen) atoms. The van der Waals surface area contributed by atoms with Gasteiger partial charge >= 0.3 is 0 Å². The molecule has 2 aliphatic rings. The van der Waals surface area contributed by atoms with Crippen LogP contribution in [0.15, 0.2) is 60.9 Å². The van der Waals surface area contributed by atoms with Crippen molar-refractivity contribution in [3.63, 3.8) is 0 Å². The highest BCUT2D eigenvalue weighted by Crippen LogP contribution is 2.35. The fraction of sp³-hybridized carbons (Fsp3) is 0.250. The normalized spacial score (nSPS) is 15.0. The van der Waals surface area contributed by atoms with Crippen molar-refractivity contribution in [2.45, 2.75) is 6.54 Å². The molecule has 0 bridgehead atoms. The highest BCUT2D eigenvalue weighted by atomic mass is 16.7. The predicted molar refractivity (Wildman–Crippen MR) is 116 cm³/mol. The minimum Gasteiger partial charge on any atom is -0.454 e. The summed E-state index contributed by atoms with van der Waals surface area (Å²) in [5.74, 6) is 1.27. The summed E-state index contributed by atoms with van der Waals surface area (Å²) in [5.41, 5.74) is 4.51. The predicted octanol–water partition coefficient (Wildman–Crippen LogP) is 3.24. The van der Waals surface area contributed by atoms with Crippen LogP contribution in [0, 0.1) is 0 Å². The number of fused-ring (bicyclic) bond motifs is 1. The van der Waals surface area contributed by atoms with E-state index in [1.165, 1.54) is 5.69 Å². The Balaban J connectivity index is 1.23. The van der Waals surface area contributed by atoms with Gasteiger partial charge in [-0.3, -0.25) is 9.78 Å². The lowest BCUT2D eigenvalue weighted by molar-refractivity contribution is 0.0950. The van der Waals surface area contributed by atoms with Gasteiger partial charge in [-0.1, -0.05) is 18.2 Å². The molecule has 3 aromatic rings. The number of aromatic nitrogens is 1. The molecule has 158 valence electrons. The highest BCUT2D eigenvalue weighted by Gasteiger charge is 2.15. The second-order valence-electron chi connectivity index (χ2n) is 7.48. The summed E-state index contributed by atoms with van der Waals surface area (Å²) in [6, 6.07) is 15.8. The first kappa shape index (κ1) is 19.4. The summed E-state index contributed by atoms with van der Waals surface area (Å²) in [6.07, 6.45) is 3.31. The van der Waals surface area contributed by atoms with Crippen molar-refractivity contribution in [1.82, 2.24) is 10.3 Å². The summed E-state index contributed by atoms with van der Waals surface area (Å²) in [6.45, 7) is 4.02. The maximum atomic E-state index is 12.7. The van der Waals surface area contributed by atoms with Gasteiger partial charge in [-0.25, -0.2) is 0 Å². The summed E-state index contributed by atoms with van der Waals surface area (Å²) in [4.78, 5) is 19.2. The van der Waals surface area contributed by atoms with Crippen LogP contribution in [0.1, 0.15) is 15.9 Å². The van der Waals surface area contributed by atoms with Gasteiger partial charge in [0.1, 0.15) is 0 Å². The van der Waals surface area contributed by atoms with Crippen LogP contribution in [0.2, 0.25) is 0 Å². The number of anilines is 1. The first-order valence-corrected chi connectivity index (χ1v) is 10.3. The maximum Gasteiger partial charge on any atom is 0.253 e. The number of carbonyl (C=O) groups is 1. The molecule has 0 saturated carbocycles. The van der Waals surface area contributed by atoms with Crippen LogP contribution >= 0.6 is 0 Å². The number of nitrogens with zero attached hydrogens (tertiary/aromatic N) is 2. The quantitative estimate of drug-likeness (QED) is 0.687. The van der Waals surface area contributed by atoms with Gasteiger partial charge in [0.15, 0.2) is 11.5 Å². The second-order valence-corrected chi connectivity index (χ2v) is 7.48. The highest BCUT2D eigenvalue weighted by molar-refractivity contribution is 5.95. The molecule has 0 radical (unpaired) electrons. The van der Waals surface area contributed by atoms with E-state index >= 15 is 0 Å². The molecule has 1 saturated heterocycles. The smallest absolute Gasteiger partial charge is 0.253 e. The van der Waals surface area contributed by atoms with Gasteiger partial charge in [0.05, 0.1) is 18.8 Å². The van der Waals surface area contributed by atoms with Crippen LogP contribution in [0.4, 0.5) is 5.69 Å². The minimum absolute atomic E-state index is 0.160. The first-order chi connectivity index (χ1) is 15.3. The van der Waals surface area contributed by atoms with E-state index in [9.17, 15) is 4.79 Å². The molecule has 1 amide bonds. The molecular formula is C24H23N3O4. The Hall–Kier alpha value is -3.58. The van der Waals surface area contributed by atoms with Gasteiger partial charge in [-0.15, -0.1) is 0 Å². The van der Waals surface area contributed by atoms with E-state index in [1.807, 2.05) is 36.4 Å². The first-order valence-electron chi connectivity index (χ1n) is 10.3. The van der Waals surface area contributed by atoms with Gasteiger partial charge in [0.25, 0.3) is 5.91 Å².